The number of nitrogens with one attached hydrogen (secondary N) is 1. The number of likely N-dealkylation sites (N-methyl/N-ethyl adjacent to an activating group) is 1. The second-order valence-electron chi connectivity index (χ2n) is 10.9. The van der Waals surface area contributed by atoms with Crippen molar-refractivity contribution in [2.75, 3.05) is 82.9 Å². The number of hydrogen-bond acceptors (Lipinski definition) is 11. The minimum absolute atomic E-state index is 0.141. The van der Waals surface area contributed by atoms with Crippen LogP contribution in [0.15, 0.2) is 36.9 Å². The Labute approximate surface area is 235 Å². The van der Waals surface area contributed by atoms with Crippen LogP contribution in [0.1, 0.15) is 25.7 Å². The lowest BCUT2D eigenvalue weighted by Gasteiger charge is -2.32. The molecule has 4 heterocycles. The van der Waals surface area contributed by atoms with Crippen molar-refractivity contribution in [2.45, 2.75) is 37.8 Å². The van der Waals surface area contributed by atoms with E-state index in [4.69, 9.17) is 14.2 Å². The van der Waals surface area contributed by atoms with Gasteiger partial charge in [-0.2, -0.15) is 0 Å². The molecule has 1 saturated carbocycles. The molecule has 11 nitrogen and oxygen atoms in total. The molecule has 1 aliphatic carbocycles. The van der Waals surface area contributed by atoms with Crippen molar-refractivity contribution in [2.24, 2.45) is 0 Å². The first-order valence-corrected chi connectivity index (χ1v) is 14.6. The minimum Gasteiger partial charge on any atom is -0.488 e. The maximum absolute atomic E-state index is 6.58. The number of benzene rings is 1. The lowest BCUT2D eigenvalue weighted by atomic mass is 9.93. The average Bonchev–Trinajstić information content (AvgIpc) is 3.00. The molecule has 3 aliphatic rings. The van der Waals surface area contributed by atoms with Crippen LogP contribution in [0.3, 0.4) is 0 Å². The van der Waals surface area contributed by atoms with Crippen LogP contribution < -0.4 is 19.7 Å². The summed E-state index contributed by atoms with van der Waals surface area (Å²) in [5, 5.41) is 3.59. The Morgan fingerprint density at radius 3 is 2.52 bits per heavy atom. The normalized spacial score (nSPS) is 22.8. The van der Waals surface area contributed by atoms with E-state index in [1.54, 1.807) is 18.7 Å². The van der Waals surface area contributed by atoms with Crippen molar-refractivity contribution in [3.63, 3.8) is 0 Å². The van der Waals surface area contributed by atoms with E-state index in [9.17, 15) is 0 Å². The Morgan fingerprint density at radius 2 is 1.70 bits per heavy atom. The first-order valence-electron chi connectivity index (χ1n) is 14.6. The van der Waals surface area contributed by atoms with E-state index in [0.717, 1.165) is 113 Å². The van der Waals surface area contributed by atoms with Gasteiger partial charge in [-0.3, -0.25) is 9.88 Å². The standard InChI is InChI=1S/C29H40N8O3/c1-35-8-10-36(11-9-35)12-17-39-28-20-27(32-21-33-28)34-22-2-4-24(5-3-22)40-26-19-23(37-13-15-38-16-14-37)18-25-29(26)31-7-6-30-25/h6-7,18-22,24H,2-5,8-17H2,1H3,(H,32,33,34). The fraction of sp³-hybridized carbons (Fsp3) is 0.586. The van der Waals surface area contributed by atoms with Crippen LogP contribution >= 0.6 is 0 Å². The predicted molar refractivity (Wildman–Crippen MR) is 154 cm³/mol. The van der Waals surface area contributed by atoms with Crippen LogP contribution in [0.2, 0.25) is 0 Å². The minimum atomic E-state index is 0.141. The Balaban J connectivity index is 1.01. The molecule has 40 heavy (non-hydrogen) atoms. The zero-order valence-electron chi connectivity index (χ0n) is 23.4. The first-order chi connectivity index (χ1) is 19.7. The summed E-state index contributed by atoms with van der Waals surface area (Å²) in [5.41, 5.74) is 2.80. The van der Waals surface area contributed by atoms with Gasteiger partial charge in [0.25, 0.3) is 0 Å². The average molecular weight is 549 g/mol. The molecular weight excluding hydrogens is 508 g/mol. The predicted octanol–water partition coefficient (Wildman–Crippen LogP) is 2.68. The number of nitrogens with zero attached hydrogens (tertiary/aromatic N) is 7. The molecule has 0 amide bonds. The summed E-state index contributed by atoms with van der Waals surface area (Å²) in [5.74, 6) is 2.25. The van der Waals surface area contributed by atoms with Crippen LogP contribution in [0, 0.1) is 0 Å². The summed E-state index contributed by atoms with van der Waals surface area (Å²) >= 11 is 0. The smallest absolute Gasteiger partial charge is 0.218 e. The van der Waals surface area contributed by atoms with E-state index in [1.807, 2.05) is 6.07 Å². The maximum atomic E-state index is 6.58. The van der Waals surface area contributed by atoms with Crippen LogP contribution in [0.4, 0.5) is 11.5 Å². The molecule has 0 radical (unpaired) electrons. The van der Waals surface area contributed by atoms with Crippen molar-refractivity contribution in [1.29, 1.82) is 0 Å². The van der Waals surface area contributed by atoms with E-state index in [-0.39, 0.29) is 6.10 Å². The van der Waals surface area contributed by atoms with Gasteiger partial charge in [0.05, 0.1) is 24.8 Å². The Morgan fingerprint density at radius 1 is 0.900 bits per heavy atom. The van der Waals surface area contributed by atoms with Gasteiger partial charge in [0.15, 0.2) is 0 Å². The van der Waals surface area contributed by atoms with Crippen LogP contribution in [0.25, 0.3) is 11.0 Å². The molecule has 11 heteroatoms. The van der Waals surface area contributed by atoms with Gasteiger partial charge in [-0.05, 0) is 38.8 Å². The fourth-order valence-corrected chi connectivity index (χ4v) is 5.68. The van der Waals surface area contributed by atoms with Crippen LogP contribution in [-0.4, -0.2) is 115 Å². The highest BCUT2D eigenvalue weighted by molar-refractivity contribution is 5.85. The molecule has 0 unspecified atom stereocenters. The van der Waals surface area contributed by atoms with E-state index < -0.39 is 0 Å². The van der Waals surface area contributed by atoms with Gasteiger partial charge in [0.2, 0.25) is 5.88 Å². The fourth-order valence-electron chi connectivity index (χ4n) is 5.68. The van der Waals surface area contributed by atoms with E-state index in [2.05, 4.69) is 59.1 Å². The third-order valence-corrected chi connectivity index (χ3v) is 8.11. The number of aromatic nitrogens is 4. The van der Waals surface area contributed by atoms with Crippen molar-refractivity contribution < 1.29 is 14.2 Å². The highest BCUT2D eigenvalue weighted by Crippen LogP contribution is 2.33. The zero-order chi connectivity index (χ0) is 27.1. The summed E-state index contributed by atoms with van der Waals surface area (Å²) < 4.78 is 18.1. The van der Waals surface area contributed by atoms with E-state index in [0.29, 0.717) is 18.5 Å². The van der Waals surface area contributed by atoms with Crippen molar-refractivity contribution in [1.82, 2.24) is 29.7 Å². The summed E-state index contributed by atoms with van der Waals surface area (Å²) in [7, 11) is 2.17. The molecule has 1 aromatic carbocycles. The number of anilines is 2. The molecule has 3 fully saturated rings. The van der Waals surface area contributed by atoms with E-state index in [1.165, 1.54) is 0 Å². The monoisotopic (exact) mass is 548 g/mol. The number of hydrogen-bond donors (Lipinski definition) is 1. The molecule has 0 spiro atoms. The van der Waals surface area contributed by atoms with Gasteiger partial charge in [-0.25, -0.2) is 15.0 Å². The molecule has 3 aromatic rings. The van der Waals surface area contributed by atoms with Crippen molar-refractivity contribution >= 4 is 22.5 Å². The van der Waals surface area contributed by atoms with Gasteiger partial charge < -0.3 is 29.3 Å². The van der Waals surface area contributed by atoms with Gasteiger partial charge in [-0.1, -0.05) is 0 Å². The Kier molecular flexibility index (Phi) is 8.70. The molecule has 2 aliphatic heterocycles. The second kappa shape index (κ2) is 12.9. The molecule has 0 bridgehead atoms. The van der Waals surface area contributed by atoms with Gasteiger partial charge in [0, 0.05) is 82.1 Å². The number of morpholine rings is 1. The molecule has 0 atom stereocenters. The van der Waals surface area contributed by atoms with Gasteiger partial charge in [-0.15, -0.1) is 0 Å². The highest BCUT2D eigenvalue weighted by atomic mass is 16.5. The SMILES string of the molecule is CN1CCN(CCOc2cc(NC3CCC(Oc4cc(N5CCOCC5)cc5nccnc45)CC3)ncn2)CC1. The Bertz CT molecular complexity index is 1240. The zero-order valence-corrected chi connectivity index (χ0v) is 23.4. The summed E-state index contributed by atoms with van der Waals surface area (Å²) in [6.45, 7) is 9.17. The largest absolute Gasteiger partial charge is 0.488 e. The molecule has 1 N–H and O–H groups in total. The first kappa shape index (κ1) is 26.9. The second-order valence-corrected chi connectivity index (χ2v) is 10.9. The van der Waals surface area contributed by atoms with Gasteiger partial charge in [0.1, 0.15) is 30.0 Å². The maximum Gasteiger partial charge on any atom is 0.218 e. The number of rotatable bonds is 9. The molecule has 2 saturated heterocycles. The highest BCUT2D eigenvalue weighted by Gasteiger charge is 2.25. The molecule has 6 rings (SSSR count). The number of ether oxygens (including phenoxy) is 3. The van der Waals surface area contributed by atoms with Gasteiger partial charge >= 0.3 is 0 Å². The van der Waals surface area contributed by atoms with Crippen LogP contribution in [0.5, 0.6) is 11.6 Å². The lowest BCUT2D eigenvalue weighted by molar-refractivity contribution is 0.122. The van der Waals surface area contributed by atoms with E-state index >= 15 is 0 Å². The number of fused-ring (bicyclic) bond motifs is 1. The summed E-state index contributed by atoms with van der Waals surface area (Å²) in [4.78, 5) is 25.0. The molecule has 2 aromatic heterocycles. The van der Waals surface area contributed by atoms with Crippen molar-refractivity contribution in [3.8, 4) is 11.6 Å². The molecular formula is C29H40N8O3. The summed E-state index contributed by atoms with van der Waals surface area (Å²) in [6, 6.07) is 6.48. The topological polar surface area (TPSA) is 101 Å². The third-order valence-electron chi connectivity index (χ3n) is 8.11. The molecule has 214 valence electrons. The quantitative estimate of drug-likeness (QED) is 0.427. The van der Waals surface area contributed by atoms with Crippen molar-refractivity contribution in [3.05, 3.63) is 36.9 Å². The van der Waals surface area contributed by atoms with Crippen LogP contribution in [-0.2, 0) is 4.74 Å². The Hall–Kier alpha value is -3.28. The summed E-state index contributed by atoms with van der Waals surface area (Å²) in [6.07, 6.45) is 9.11. The lowest BCUT2D eigenvalue weighted by Crippen LogP contribution is -2.45. The number of piperazine rings is 1. The third kappa shape index (κ3) is 6.89.